The fourth-order valence-electron chi connectivity index (χ4n) is 3.86. The van der Waals surface area contributed by atoms with Crippen LogP contribution in [0.5, 0.6) is 0 Å². The molecule has 2 aromatic rings. The summed E-state index contributed by atoms with van der Waals surface area (Å²) in [6, 6.07) is 12.2. The molecule has 4 rings (SSSR count). The zero-order valence-corrected chi connectivity index (χ0v) is 20.9. The molecule has 2 bridgehead atoms. The Morgan fingerprint density at radius 3 is 1.59 bits per heavy atom. The highest BCUT2D eigenvalue weighted by atomic mass is 32.2. The van der Waals surface area contributed by atoms with Gasteiger partial charge in [0.2, 0.25) is 10.0 Å². The van der Waals surface area contributed by atoms with Crippen LogP contribution < -0.4 is 5.14 Å². The van der Waals surface area contributed by atoms with Gasteiger partial charge in [0.25, 0.3) is 0 Å². The molecule has 2 N–H and O–H groups in total. The van der Waals surface area contributed by atoms with E-state index in [2.05, 4.69) is 31.2 Å². The van der Waals surface area contributed by atoms with Crippen LogP contribution in [0, 0.1) is 17.8 Å². The van der Waals surface area contributed by atoms with Gasteiger partial charge >= 0.3 is 0 Å². The number of nitrogens with two attached hydrogens (primary N) is 1. The van der Waals surface area contributed by atoms with Crippen molar-refractivity contribution in [3.05, 3.63) is 52.9 Å². The van der Waals surface area contributed by atoms with Crippen molar-refractivity contribution in [2.24, 2.45) is 22.9 Å². The number of rotatable bonds is 1. The van der Waals surface area contributed by atoms with E-state index in [9.17, 15) is 8.42 Å². The van der Waals surface area contributed by atoms with Crippen LogP contribution in [-0.2, 0) is 22.9 Å². The van der Waals surface area contributed by atoms with E-state index in [-0.39, 0.29) is 4.21 Å². The Balaban J connectivity index is 0.000000456. The third-order valence-corrected chi connectivity index (χ3v) is 7.60. The molecule has 2 aliphatic rings. The lowest BCUT2D eigenvalue weighted by Crippen LogP contribution is -2.10. The Hall–Kier alpha value is -1.17. The molecule has 2 aliphatic carbocycles. The maximum absolute atomic E-state index is 10.5. The van der Waals surface area contributed by atoms with Gasteiger partial charge in [0.15, 0.2) is 0 Å². The van der Waals surface area contributed by atoms with Crippen LogP contribution >= 0.6 is 11.3 Å². The number of fused-ring (bicyclic) bond motifs is 3. The van der Waals surface area contributed by atoms with Crippen LogP contribution in [-0.4, -0.2) is 8.42 Å². The van der Waals surface area contributed by atoms with Crippen LogP contribution in [0.4, 0.5) is 0 Å². The summed E-state index contributed by atoms with van der Waals surface area (Å²) < 4.78 is 21.2. The predicted octanol–water partition coefficient (Wildman–Crippen LogP) is 6.92. The molecule has 1 aromatic carbocycles. The van der Waals surface area contributed by atoms with E-state index in [0.717, 1.165) is 29.1 Å². The molecule has 1 aromatic heterocycles. The number of hydrogen-bond donors (Lipinski definition) is 1. The van der Waals surface area contributed by atoms with Crippen molar-refractivity contribution >= 4 is 21.4 Å². The van der Waals surface area contributed by atoms with Gasteiger partial charge in [-0.3, -0.25) is 0 Å². The van der Waals surface area contributed by atoms with Crippen molar-refractivity contribution in [3.8, 4) is 0 Å². The van der Waals surface area contributed by atoms with Gasteiger partial charge in [0.1, 0.15) is 4.21 Å². The second kappa shape index (κ2) is 14.8. The quantitative estimate of drug-likeness (QED) is 0.524. The van der Waals surface area contributed by atoms with Crippen LogP contribution in [0.3, 0.4) is 0 Å². The summed E-state index contributed by atoms with van der Waals surface area (Å²) in [6.45, 7) is 14.5. The molecule has 3 atom stereocenters. The lowest BCUT2D eigenvalue weighted by Gasteiger charge is -2.15. The predicted molar refractivity (Wildman–Crippen MR) is 129 cm³/mol. The average Bonchev–Trinajstić information content (AvgIpc) is 3.36. The van der Waals surface area contributed by atoms with Gasteiger partial charge in [-0.1, -0.05) is 78.8 Å². The van der Waals surface area contributed by atoms with Gasteiger partial charge in [-0.25, -0.2) is 13.6 Å². The molecule has 0 aliphatic heterocycles. The molecular formula is C24H41NO2S2. The minimum absolute atomic E-state index is 0.211. The summed E-state index contributed by atoms with van der Waals surface area (Å²) in [7, 11) is -3.44. The number of hydrogen-bond acceptors (Lipinski definition) is 3. The molecule has 3 nitrogen and oxygen atoms in total. The Morgan fingerprint density at radius 2 is 1.28 bits per heavy atom. The first-order chi connectivity index (χ1) is 13.9. The zero-order chi connectivity index (χ0) is 22.4. The summed E-state index contributed by atoms with van der Waals surface area (Å²) in [5.41, 5.74) is 3.26. The van der Waals surface area contributed by atoms with Crippen molar-refractivity contribution in [2.75, 3.05) is 0 Å². The largest absolute Gasteiger partial charge is 0.247 e. The van der Waals surface area contributed by atoms with Crippen molar-refractivity contribution in [1.29, 1.82) is 0 Å². The summed E-state index contributed by atoms with van der Waals surface area (Å²) in [6.07, 6.45) is 5.63. The standard InChI is InChI=1S/C14H18.C4H5NO2S2.3C2H6/c1-10-11-6-7-12(10)9-14-5-3-2-4-13(14)8-11;5-9(6,7)4-2-1-3-8-4;3*1-2/h2-5,10-12H,6-9H2,1H3;1-3H,(H2,5,6,7);3*1-2H3/t10?,11-,12+;;;;. The highest BCUT2D eigenvalue weighted by Gasteiger charge is 2.35. The van der Waals surface area contributed by atoms with Crippen LogP contribution in [0.1, 0.15) is 72.4 Å². The second-order valence-electron chi connectivity index (χ2n) is 6.61. The monoisotopic (exact) mass is 439 g/mol. The number of primary sulfonamides is 1. The molecule has 0 saturated heterocycles. The second-order valence-corrected chi connectivity index (χ2v) is 9.35. The van der Waals surface area contributed by atoms with E-state index in [1.165, 1.54) is 31.7 Å². The Kier molecular flexibility index (Phi) is 14.2. The molecule has 0 radical (unpaired) electrons. The minimum Gasteiger partial charge on any atom is -0.224 e. The van der Waals surface area contributed by atoms with E-state index in [1.807, 2.05) is 41.5 Å². The van der Waals surface area contributed by atoms with E-state index in [0.29, 0.717) is 0 Å². The van der Waals surface area contributed by atoms with Crippen molar-refractivity contribution in [2.45, 2.75) is 78.4 Å². The Bertz CT molecular complexity index is 722. The topological polar surface area (TPSA) is 60.2 Å². The maximum atomic E-state index is 10.5. The third-order valence-electron chi connectivity index (χ3n) is 5.25. The number of benzene rings is 1. The fourth-order valence-corrected chi connectivity index (χ4v) is 5.28. The van der Waals surface area contributed by atoms with Crippen LogP contribution in [0.15, 0.2) is 46.0 Å². The SMILES string of the molecule is CC.CC.CC.CC1[C@@H]2CC[C@H]1Cc1ccccc1C2.NS(=O)(=O)c1cccs1. The van der Waals surface area contributed by atoms with E-state index in [4.69, 9.17) is 5.14 Å². The van der Waals surface area contributed by atoms with Crippen molar-refractivity contribution in [3.63, 3.8) is 0 Å². The van der Waals surface area contributed by atoms with Crippen molar-refractivity contribution in [1.82, 2.24) is 0 Å². The minimum atomic E-state index is -3.44. The summed E-state index contributed by atoms with van der Waals surface area (Å²) in [4.78, 5) is 0. The fraction of sp³-hybridized carbons (Fsp3) is 0.583. The van der Waals surface area contributed by atoms with E-state index >= 15 is 0 Å². The smallest absolute Gasteiger partial charge is 0.224 e. The van der Waals surface area contributed by atoms with E-state index < -0.39 is 10.0 Å². The number of sulfonamides is 1. The summed E-state index contributed by atoms with van der Waals surface area (Å²) >= 11 is 1.12. The van der Waals surface area contributed by atoms with E-state index in [1.54, 1.807) is 22.6 Å². The lowest BCUT2D eigenvalue weighted by atomic mass is 9.90. The molecule has 5 heteroatoms. The molecule has 1 fully saturated rings. The normalized spacial score (nSPS) is 21.2. The first-order valence-corrected chi connectivity index (χ1v) is 13.5. The third kappa shape index (κ3) is 8.61. The number of thiophene rings is 1. The Labute approximate surface area is 183 Å². The molecular weight excluding hydrogens is 398 g/mol. The highest BCUT2D eigenvalue weighted by molar-refractivity contribution is 7.91. The first kappa shape index (κ1) is 27.8. The Morgan fingerprint density at radius 1 is 0.828 bits per heavy atom. The molecule has 0 spiro atoms. The van der Waals surface area contributed by atoms with Crippen LogP contribution in [0.25, 0.3) is 0 Å². The van der Waals surface area contributed by atoms with Crippen LogP contribution in [0.2, 0.25) is 0 Å². The average molecular weight is 440 g/mol. The van der Waals surface area contributed by atoms with Gasteiger partial charge in [-0.05, 0) is 66.0 Å². The van der Waals surface area contributed by atoms with Crippen molar-refractivity contribution < 1.29 is 8.42 Å². The molecule has 166 valence electrons. The zero-order valence-electron chi connectivity index (χ0n) is 19.3. The maximum Gasteiger partial charge on any atom is 0.247 e. The van der Waals surface area contributed by atoms with Gasteiger partial charge < -0.3 is 0 Å². The lowest BCUT2D eigenvalue weighted by molar-refractivity contribution is 0.349. The molecule has 1 saturated carbocycles. The molecule has 29 heavy (non-hydrogen) atoms. The molecule has 1 heterocycles. The van der Waals surface area contributed by atoms with Gasteiger partial charge in [-0.15, -0.1) is 11.3 Å². The molecule has 1 unspecified atom stereocenters. The molecule has 0 amide bonds. The van der Waals surface area contributed by atoms with Gasteiger partial charge in [-0.2, -0.15) is 0 Å². The highest BCUT2D eigenvalue weighted by Crippen LogP contribution is 2.43. The summed E-state index contributed by atoms with van der Waals surface area (Å²) in [5.74, 6) is 2.91. The van der Waals surface area contributed by atoms with Gasteiger partial charge in [0, 0.05) is 0 Å². The van der Waals surface area contributed by atoms with Gasteiger partial charge in [0.05, 0.1) is 0 Å². The first-order valence-electron chi connectivity index (χ1n) is 11.1. The summed E-state index contributed by atoms with van der Waals surface area (Å²) in [5, 5.41) is 6.45.